The summed E-state index contributed by atoms with van der Waals surface area (Å²) in [6, 6.07) is 11.9. The van der Waals surface area contributed by atoms with Gasteiger partial charge in [-0.2, -0.15) is 0 Å². The molecule has 1 fully saturated rings. The number of aryl methyl sites for hydroxylation is 1. The fourth-order valence-corrected chi connectivity index (χ4v) is 3.42. The van der Waals surface area contributed by atoms with E-state index >= 15 is 0 Å². The lowest BCUT2D eigenvalue weighted by atomic mass is 10.1. The number of aromatic nitrogens is 3. The van der Waals surface area contributed by atoms with Gasteiger partial charge in [0.25, 0.3) is 0 Å². The highest BCUT2D eigenvalue weighted by atomic mass is 19.1. The van der Waals surface area contributed by atoms with Gasteiger partial charge in [-0.25, -0.2) is 14.4 Å². The summed E-state index contributed by atoms with van der Waals surface area (Å²) in [6.45, 7) is 4.64. The number of benzene rings is 1. The van der Waals surface area contributed by atoms with Crippen molar-refractivity contribution in [3.05, 3.63) is 71.9 Å². The molecule has 4 rings (SSSR count). The Bertz CT molecular complexity index is 986. The molecule has 0 unspecified atom stereocenters. The zero-order valence-electron chi connectivity index (χ0n) is 16.3. The number of halogens is 1. The van der Waals surface area contributed by atoms with Crippen molar-refractivity contribution >= 4 is 11.7 Å². The number of amides is 1. The Kier molecular flexibility index (Phi) is 5.46. The van der Waals surface area contributed by atoms with Crippen molar-refractivity contribution in [2.45, 2.75) is 13.3 Å². The van der Waals surface area contributed by atoms with E-state index in [2.05, 4.69) is 14.9 Å². The summed E-state index contributed by atoms with van der Waals surface area (Å²) in [5.74, 6) is 1.32. The number of pyridine rings is 1. The summed E-state index contributed by atoms with van der Waals surface area (Å²) < 4.78 is 13.0. The SMILES string of the molecule is Cc1cc(N2CCN(C(=O)Cc3ccc(F)cc3)CC2)nc(-c2ccncc2)n1. The summed E-state index contributed by atoms with van der Waals surface area (Å²) in [5, 5.41) is 0. The average molecular weight is 391 g/mol. The van der Waals surface area contributed by atoms with E-state index in [0.29, 0.717) is 38.4 Å². The van der Waals surface area contributed by atoms with E-state index in [0.717, 1.165) is 22.6 Å². The maximum Gasteiger partial charge on any atom is 0.227 e. The number of piperazine rings is 1. The van der Waals surface area contributed by atoms with Gasteiger partial charge in [-0.1, -0.05) is 12.1 Å². The van der Waals surface area contributed by atoms with Gasteiger partial charge in [-0.3, -0.25) is 9.78 Å². The molecule has 1 aliphatic rings. The number of carbonyl (C=O) groups is 1. The maximum absolute atomic E-state index is 13.0. The number of carbonyl (C=O) groups excluding carboxylic acids is 1. The lowest BCUT2D eigenvalue weighted by molar-refractivity contribution is -0.130. The van der Waals surface area contributed by atoms with Crippen LogP contribution in [0.5, 0.6) is 0 Å². The van der Waals surface area contributed by atoms with Crippen molar-refractivity contribution in [2.24, 2.45) is 0 Å². The highest BCUT2D eigenvalue weighted by Gasteiger charge is 2.22. The van der Waals surface area contributed by atoms with E-state index in [1.807, 2.05) is 30.0 Å². The third-order valence-electron chi connectivity index (χ3n) is 5.00. The second kappa shape index (κ2) is 8.34. The van der Waals surface area contributed by atoms with Crippen molar-refractivity contribution in [1.29, 1.82) is 0 Å². The van der Waals surface area contributed by atoms with Crippen LogP contribution in [0.15, 0.2) is 54.9 Å². The molecule has 1 saturated heterocycles. The van der Waals surface area contributed by atoms with Gasteiger partial charge in [0, 0.05) is 55.9 Å². The number of anilines is 1. The topological polar surface area (TPSA) is 62.2 Å². The molecule has 2 aromatic heterocycles. The highest BCUT2D eigenvalue weighted by Crippen LogP contribution is 2.21. The highest BCUT2D eigenvalue weighted by molar-refractivity contribution is 5.79. The van der Waals surface area contributed by atoms with Crippen LogP contribution >= 0.6 is 0 Å². The number of rotatable bonds is 4. The van der Waals surface area contributed by atoms with Crippen LogP contribution in [0.3, 0.4) is 0 Å². The Morgan fingerprint density at radius 2 is 1.69 bits per heavy atom. The van der Waals surface area contributed by atoms with Crippen LogP contribution < -0.4 is 4.90 Å². The normalized spacial score (nSPS) is 14.1. The van der Waals surface area contributed by atoms with Crippen LogP contribution in [0.25, 0.3) is 11.4 Å². The lowest BCUT2D eigenvalue weighted by Gasteiger charge is -2.35. The number of nitrogens with zero attached hydrogens (tertiary/aromatic N) is 5. The first-order valence-electron chi connectivity index (χ1n) is 9.62. The predicted octanol–water partition coefficient (Wildman–Crippen LogP) is 2.88. The van der Waals surface area contributed by atoms with Crippen molar-refractivity contribution in [3.63, 3.8) is 0 Å². The fourth-order valence-electron chi connectivity index (χ4n) is 3.42. The molecule has 1 aromatic carbocycles. The van der Waals surface area contributed by atoms with Crippen LogP contribution in [-0.2, 0) is 11.2 Å². The standard InChI is InChI=1S/C22H22FN5O/c1-16-14-20(26-22(25-16)18-6-8-24-9-7-18)27-10-12-28(13-11-27)21(29)15-17-2-4-19(23)5-3-17/h2-9,14H,10-13,15H2,1H3. The Labute approximate surface area is 169 Å². The number of hydrogen-bond acceptors (Lipinski definition) is 5. The minimum atomic E-state index is -0.291. The van der Waals surface area contributed by atoms with E-state index in [1.165, 1.54) is 12.1 Å². The average Bonchev–Trinajstić information content (AvgIpc) is 2.75. The minimum absolute atomic E-state index is 0.0626. The zero-order valence-corrected chi connectivity index (χ0v) is 16.3. The molecule has 7 heteroatoms. The molecule has 1 aliphatic heterocycles. The first-order chi connectivity index (χ1) is 14.1. The van der Waals surface area contributed by atoms with Gasteiger partial charge in [0.2, 0.25) is 5.91 Å². The molecule has 0 saturated carbocycles. The Hall–Kier alpha value is -3.35. The summed E-state index contributed by atoms with van der Waals surface area (Å²) in [6.07, 6.45) is 3.75. The third kappa shape index (κ3) is 4.56. The van der Waals surface area contributed by atoms with Gasteiger partial charge in [0.15, 0.2) is 5.82 Å². The van der Waals surface area contributed by atoms with Gasteiger partial charge in [0.1, 0.15) is 11.6 Å². The molecule has 0 radical (unpaired) electrons. The Morgan fingerprint density at radius 1 is 1.00 bits per heavy atom. The van der Waals surface area contributed by atoms with Crippen molar-refractivity contribution in [2.75, 3.05) is 31.1 Å². The monoisotopic (exact) mass is 391 g/mol. The van der Waals surface area contributed by atoms with Crippen molar-refractivity contribution < 1.29 is 9.18 Å². The molecule has 29 heavy (non-hydrogen) atoms. The molecule has 0 bridgehead atoms. The molecule has 0 spiro atoms. The van der Waals surface area contributed by atoms with Gasteiger partial charge in [-0.15, -0.1) is 0 Å². The Balaban J connectivity index is 1.41. The summed E-state index contributed by atoms with van der Waals surface area (Å²) >= 11 is 0. The van der Waals surface area contributed by atoms with Gasteiger partial charge >= 0.3 is 0 Å². The van der Waals surface area contributed by atoms with Crippen LogP contribution in [0.1, 0.15) is 11.3 Å². The molecule has 3 aromatic rings. The molecular weight excluding hydrogens is 369 g/mol. The first-order valence-corrected chi connectivity index (χ1v) is 9.62. The van der Waals surface area contributed by atoms with E-state index in [-0.39, 0.29) is 11.7 Å². The van der Waals surface area contributed by atoms with Crippen molar-refractivity contribution in [3.8, 4) is 11.4 Å². The Morgan fingerprint density at radius 3 is 2.38 bits per heavy atom. The van der Waals surface area contributed by atoms with Crippen LogP contribution in [0.4, 0.5) is 10.2 Å². The largest absolute Gasteiger partial charge is 0.353 e. The molecule has 3 heterocycles. The second-order valence-electron chi connectivity index (χ2n) is 7.10. The number of hydrogen-bond donors (Lipinski definition) is 0. The molecule has 0 atom stereocenters. The quantitative estimate of drug-likeness (QED) is 0.684. The zero-order chi connectivity index (χ0) is 20.2. The molecule has 0 N–H and O–H groups in total. The van der Waals surface area contributed by atoms with Gasteiger partial charge in [0.05, 0.1) is 6.42 Å². The van der Waals surface area contributed by atoms with Crippen molar-refractivity contribution in [1.82, 2.24) is 19.9 Å². The second-order valence-corrected chi connectivity index (χ2v) is 7.10. The van der Waals surface area contributed by atoms with Gasteiger partial charge < -0.3 is 9.80 Å². The van der Waals surface area contributed by atoms with E-state index in [9.17, 15) is 9.18 Å². The van der Waals surface area contributed by atoms with E-state index in [1.54, 1.807) is 24.5 Å². The maximum atomic E-state index is 13.0. The molecule has 1 amide bonds. The summed E-state index contributed by atoms with van der Waals surface area (Å²) in [7, 11) is 0. The van der Waals surface area contributed by atoms with E-state index in [4.69, 9.17) is 4.98 Å². The molecule has 148 valence electrons. The fraction of sp³-hybridized carbons (Fsp3) is 0.273. The molecule has 6 nitrogen and oxygen atoms in total. The molecule has 0 aliphatic carbocycles. The van der Waals surface area contributed by atoms with Crippen LogP contribution in [0.2, 0.25) is 0 Å². The summed E-state index contributed by atoms with van der Waals surface area (Å²) in [5.41, 5.74) is 2.65. The summed E-state index contributed by atoms with van der Waals surface area (Å²) in [4.78, 5) is 29.9. The smallest absolute Gasteiger partial charge is 0.227 e. The van der Waals surface area contributed by atoms with Crippen LogP contribution in [0, 0.1) is 12.7 Å². The predicted molar refractivity (Wildman–Crippen MR) is 109 cm³/mol. The minimum Gasteiger partial charge on any atom is -0.353 e. The third-order valence-corrected chi connectivity index (χ3v) is 5.00. The van der Waals surface area contributed by atoms with Crippen LogP contribution in [-0.4, -0.2) is 51.9 Å². The molecular formula is C22H22FN5O. The first kappa shape index (κ1) is 19.0. The van der Waals surface area contributed by atoms with E-state index < -0.39 is 0 Å². The van der Waals surface area contributed by atoms with Gasteiger partial charge in [-0.05, 0) is 36.8 Å². The lowest BCUT2D eigenvalue weighted by Crippen LogP contribution is -2.49.